The Morgan fingerprint density at radius 3 is 2.41 bits per heavy atom. The molecule has 0 saturated heterocycles. The lowest BCUT2D eigenvalue weighted by Crippen LogP contribution is -2.48. The number of amides is 2. The molecule has 0 bridgehead atoms. The summed E-state index contributed by atoms with van der Waals surface area (Å²) < 4.78 is 5.74. The van der Waals surface area contributed by atoms with Gasteiger partial charge in [-0.25, -0.2) is 0 Å². The molecule has 2 aromatic rings. The number of hydrogen-bond acceptors (Lipinski definition) is 3. The molecule has 0 aliphatic heterocycles. The molecule has 144 valence electrons. The molecule has 0 heterocycles. The summed E-state index contributed by atoms with van der Waals surface area (Å²) in [6.45, 7) is 7.93. The van der Waals surface area contributed by atoms with Gasteiger partial charge in [0.25, 0.3) is 5.91 Å². The van der Waals surface area contributed by atoms with E-state index in [-0.39, 0.29) is 18.4 Å². The second-order valence-corrected chi connectivity index (χ2v) is 6.80. The van der Waals surface area contributed by atoms with E-state index in [1.165, 1.54) is 0 Å². The van der Waals surface area contributed by atoms with Crippen molar-refractivity contribution in [1.82, 2.24) is 10.2 Å². The second-order valence-electron chi connectivity index (χ2n) is 6.80. The van der Waals surface area contributed by atoms with Gasteiger partial charge in [-0.1, -0.05) is 42.0 Å². The number of hydrogen-bond donors (Lipinski definition) is 1. The van der Waals surface area contributed by atoms with Gasteiger partial charge in [0.1, 0.15) is 11.8 Å². The standard InChI is InChI=1S/C22H28N2O3/c1-15-10-11-20(17(3)12-15)27-14-21(25)24(18(4)22(26)23-5)13-19-9-7-6-8-16(19)2/h6-12,18H,13-14H2,1-5H3,(H,23,26). The Kier molecular flexibility index (Phi) is 6.99. The maximum absolute atomic E-state index is 12.9. The molecule has 5 heteroatoms. The molecule has 1 unspecified atom stereocenters. The van der Waals surface area contributed by atoms with Crippen LogP contribution in [0.5, 0.6) is 5.75 Å². The highest BCUT2D eigenvalue weighted by atomic mass is 16.5. The summed E-state index contributed by atoms with van der Waals surface area (Å²) in [5.74, 6) is 0.246. The first-order chi connectivity index (χ1) is 12.8. The van der Waals surface area contributed by atoms with Crippen molar-refractivity contribution in [1.29, 1.82) is 0 Å². The predicted octanol–water partition coefficient (Wildman–Crippen LogP) is 3.15. The first-order valence-corrected chi connectivity index (χ1v) is 9.09. The molecule has 2 amide bonds. The van der Waals surface area contributed by atoms with Crippen LogP contribution in [0.3, 0.4) is 0 Å². The molecule has 0 saturated carbocycles. The zero-order chi connectivity index (χ0) is 20.0. The van der Waals surface area contributed by atoms with Gasteiger partial charge in [0, 0.05) is 13.6 Å². The molecule has 2 rings (SSSR count). The predicted molar refractivity (Wildman–Crippen MR) is 107 cm³/mol. The number of nitrogens with one attached hydrogen (secondary N) is 1. The molecule has 27 heavy (non-hydrogen) atoms. The maximum atomic E-state index is 12.9. The number of ether oxygens (including phenoxy) is 1. The smallest absolute Gasteiger partial charge is 0.261 e. The zero-order valence-corrected chi connectivity index (χ0v) is 16.7. The number of benzene rings is 2. The number of carbonyl (C=O) groups excluding carboxylic acids is 2. The molecular weight excluding hydrogens is 340 g/mol. The minimum absolute atomic E-state index is 0.114. The Morgan fingerprint density at radius 2 is 1.78 bits per heavy atom. The van der Waals surface area contributed by atoms with Crippen molar-refractivity contribution in [2.24, 2.45) is 0 Å². The topological polar surface area (TPSA) is 58.6 Å². The lowest BCUT2D eigenvalue weighted by molar-refractivity contribution is -0.142. The van der Waals surface area contributed by atoms with Crippen LogP contribution in [-0.4, -0.2) is 36.4 Å². The van der Waals surface area contributed by atoms with E-state index in [1.807, 2.05) is 63.2 Å². The van der Waals surface area contributed by atoms with Crippen LogP contribution in [0.4, 0.5) is 0 Å². The van der Waals surface area contributed by atoms with Crippen LogP contribution in [-0.2, 0) is 16.1 Å². The minimum Gasteiger partial charge on any atom is -0.483 e. The van der Waals surface area contributed by atoms with Crippen molar-refractivity contribution in [2.45, 2.75) is 40.3 Å². The molecule has 0 spiro atoms. The van der Waals surface area contributed by atoms with E-state index >= 15 is 0 Å². The second kappa shape index (κ2) is 9.21. The first kappa shape index (κ1) is 20.5. The van der Waals surface area contributed by atoms with Gasteiger partial charge < -0.3 is 15.0 Å². The Morgan fingerprint density at radius 1 is 1.07 bits per heavy atom. The molecule has 0 fully saturated rings. The molecular formula is C22H28N2O3. The van der Waals surface area contributed by atoms with Gasteiger partial charge in [-0.2, -0.15) is 0 Å². The largest absolute Gasteiger partial charge is 0.483 e. The van der Waals surface area contributed by atoms with Gasteiger partial charge >= 0.3 is 0 Å². The molecule has 0 aromatic heterocycles. The summed E-state index contributed by atoms with van der Waals surface area (Å²) in [6, 6.07) is 13.1. The fourth-order valence-corrected chi connectivity index (χ4v) is 2.95. The molecule has 5 nitrogen and oxygen atoms in total. The summed E-state index contributed by atoms with van der Waals surface area (Å²) in [6.07, 6.45) is 0. The van der Waals surface area contributed by atoms with Gasteiger partial charge in [0.2, 0.25) is 5.91 Å². The Hall–Kier alpha value is -2.82. The molecule has 1 N–H and O–H groups in total. The van der Waals surface area contributed by atoms with Crippen molar-refractivity contribution < 1.29 is 14.3 Å². The Balaban J connectivity index is 2.17. The number of carbonyl (C=O) groups is 2. The molecule has 1 atom stereocenters. The van der Waals surface area contributed by atoms with Gasteiger partial charge in [-0.05, 0) is 50.5 Å². The van der Waals surface area contributed by atoms with E-state index in [1.54, 1.807) is 18.9 Å². The van der Waals surface area contributed by atoms with Crippen LogP contribution in [0, 0.1) is 20.8 Å². The van der Waals surface area contributed by atoms with Crippen molar-refractivity contribution in [3.8, 4) is 5.75 Å². The monoisotopic (exact) mass is 368 g/mol. The first-order valence-electron chi connectivity index (χ1n) is 9.09. The van der Waals surface area contributed by atoms with Crippen molar-refractivity contribution in [2.75, 3.05) is 13.7 Å². The minimum atomic E-state index is -0.593. The number of nitrogens with zero attached hydrogens (tertiary/aromatic N) is 1. The summed E-state index contributed by atoms with van der Waals surface area (Å²) in [4.78, 5) is 26.6. The number of likely N-dealkylation sites (N-methyl/N-ethyl adjacent to an activating group) is 1. The third-order valence-corrected chi connectivity index (χ3v) is 4.70. The number of aryl methyl sites for hydroxylation is 3. The van der Waals surface area contributed by atoms with Crippen molar-refractivity contribution in [3.05, 3.63) is 64.7 Å². The van der Waals surface area contributed by atoms with Gasteiger partial charge in [-0.15, -0.1) is 0 Å². The summed E-state index contributed by atoms with van der Waals surface area (Å²) in [5, 5.41) is 2.62. The van der Waals surface area contributed by atoms with E-state index in [4.69, 9.17) is 4.74 Å². The highest BCUT2D eigenvalue weighted by Gasteiger charge is 2.26. The maximum Gasteiger partial charge on any atom is 0.261 e. The van der Waals surface area contributed by atoms with Crippen LogP contribution in [0.2, 0.25) is 0 Å². The zero-order valence-electron chi connectivity index (χ0n) is 16.7. The fraction of sp³-hybridized carbons (Fsp3) is 0.364. The van der Waals surface area contributed by atoms with E-state index in [9.17, 15) is 9.59 Å². The molecule has 2 aromatic carbocycles. The summed E-state index contributed by atoms with van der Waals surface area (Å²) in [5.41, 5.74) is 4.20. The Bertz CT molecular complexity index is 817. The van der Waals surface area contributed by atoms with Crippen LogP contribution in [0.25, 0.3) is 0 Å². The number of rotatable bonds is 7. The van der Waals surface area contributed by atoms with Crippen molar-refractivity contribution in [3.63, 3.8) is 0 Å². The van der Waals surface area contributed by atoms with Crippen LogP contribution in [0.1, 0.15) is 29.2 Å². The molecule has 0 aliphatic carbocycles. The van der Waals surface area contributed by atoms with Gasteiger partial charge in [-0.3, -0.25) is 9.59 Å². The third kappa shape index (κ3) is 5.33. The lowest BCUT2D eigenvalue weighted by Gasteiger charge is -2.29. The third-order valence-electron chi connectivity index (χ3n) is 4.70. The fourth-order valence-electron chi connectivity index (χ4n) is 2.95. The molecule has 0 radical (unpaired) electrons. The SMILES string of the molecule is CNC(=O)C(C)N(Cc1ccccc1C)C(=O)COc1ccc(C)cc1C. The van der Waals surface area contributed by atoms with E-state index < -0.39 is 6.04 Å². The summed E-state index contributed by atoms with van der Waals surface area (Å²) in [7, 11) is 1.57. The van der Waals surface area contributed by atoms with Gasteiger partial charge in [0.15, 0.2) is 6.61 Å². The average Bonchev–Trinajstić information content (AvgIpc) is 2.65. The normalized spacial score (nSPS) is 11.6. The van der Waals surface area contributed by atoms with Crippen LogP contribution in [0.15, 0.2) is 42.5 Å². The van der Waals surface area contributed by atoms with E-state index in [0.29, 0.717) is 12.3 Å². The van der Waals surface area contributed by atoms with Crippen molar-refractivity contribution >= 4 is 11.8 Å². The quantitative estimate of drug-likeness (QED) is 0.817. The highest BCUT2D eigenvalue weighted by molar-refractivity contribution is 5.87. The molecule has 0 aliphatic rings. The summed E-state index contributed by atoms with van der Waals surface area (Å²) >= 11 is 0. The van der Waals surface area contributed by atoms with Crippen LogP contribution >= 0.6 is 0 Å². The highest BCUT2D eigenvalue weighted by Crippen LogP contribution is 2.19. The van der Waals surface area contributed by atoms with E-state index in [2.05, 4.69) is 5.32 Å². The van der Waals surface area contributed by atoms with Gasteiger partial charge in [0.05, 0.1) is 0 Å². The van der Waals surface area contributed by atoms with Crippen LogP contribution < -0.4 is 10.1 Å². The van der Waals surface area contributed by atoms with E-state index in [0.717, 1.165) is 22.3 Å². The average molecular weight is 368 g/mol. The lowest BCUT2D eigenvalue weighted by atomic mass is 10.1. The Labute approximate surface area is 161 Å².